The summed E-state index contributed by atoms with van der Waals surface area (Å²) in [7, 11) is 2.57. The summed E-state index contributed by atoms with van der Waals surface area (Å²) in [5.74, 6) is -0.951. The molecule has 2 aromatic heterocycles. The molecule has 11 nitrogen and oxygen atoms in total. The number of nitrogens with two attached hydrogens (primary N) is 1. The predicted octanol–water partition coefficient (Wildman–Crippen LogP) is -0.729. The average Bonchev–Trinajstić information content (AvgIpc) is 2.77. The molecule has 0 aliphatic rings. The fourth-order valence-electron chi connectivity index (χ4n) is 2.44. The number of anilines is 1. The van der Waals surface area contributed by atoms with Crippen molar-refractivity contribution in [3.63, 3.8) is 0 Å². The lowest BCUT2D eigenvalue weighted by Gasteiger charge is -2.11. The fourth-order valence-corrected chi connectivity index (χ4v) is 2.44. The van der Waals surface area contributed by atoms with E-state index in [2.05, 4.69) is 5.10 Å². The Morgan fingerprint density at radius 3 is 2.33 bits per heavy atom. The van der Waals surface area contributed by atoms with Gasteiger partial charge in [-0.15, -0.1) is 0 Å². The zero-order chi connectivity index (χ0) is 18.3. The summed E-state index contributed by atoms with van der Waals surface area (Å²) in [6, 6.07) is 0. The van der Waals surface area contributed by atoms with Crippen molar-refractivity contribution in [3.05, 3.63) is 47.9 Å². The van der Waals surface area contributed by atoms with Crippen LogP contribution in [0.25, 0.3) is 0 Å². The van der Waals surface area contributed by atoms with Crippen molar-refractivity contribution in [1.82, 2.24) is 18.9 Å². The van der Waals surface area contributed by atoms with Crippen LogP contribution < -0.4 is 17.0 Å². The summed E-state index contributed by atoms with van der Waals surface area (Å²) in [6.07, 6.45) is 0. The SMILES string of the molecule is Cc1nn(CC(=O)c2c(N)n(C)c(=O)n(C)c2=O)c(C)c1[N+](=O)[O-]. The topological polar surface area (TPSA) is 148 Å². The number of carbonyl (C=O) groups is 1. The maximum atomic E-state index is 12.5. The Hall–Kier alpha value is -3.24. The molecule has 2 rings (SSSR count). The second-order valence-corrected chi connectivity index (χ2v) is 5.32. The first kappa shape index (κ1) is 17.1. The first-order valence-corrected chi connectivity index (χ1v) is 6.85. The van der Waals surface area contributed by atoms with Crippen LogP contribution in [0, 0.1) is 24.0 Å². The van der Waals surface area contributed by atoms with Gasteiger partial charge in [-0.05, 0) is 13.8 Å². The number of aromatic nitrogens is 4. The van der Waals surface area contributed by atoms with E-state index in [-0.39, 0.29) is 28.5 Å². The highest BCUT2D eigenvalue weighted by molar-refractivity contribution is 5.99. The van der Waals surface area contributed by atoms with Gasteiger partial charge in [0.05, 0.1) is 4.92 Å². The normalized spacial score (nSPS) is 10.8. The maximum Gasteiger partial charge on any atom is 0.332 e. The number of rotatable bonds is 4. The highest BCUT2D eigenvalue weighted by Crippen LogP contribution is 2.22. The van der Waals surface area contributed by atoms with Crippen LogP contribution in [0.4, 0.5) is 11.5 Å². The highest BCUT2D eigenvalue weighted by Gasteiger charge is 2.25. The number of nitrogens with zero attached hydrogens (tertiary/aromatic N) is 5. The molecule has 0 saturated heterocycles. The average molecular weight is 336 g/mol. The number of hydrogen-bond acceptors (Lipinski definition) is 7. The van der Waals surface area contributed by atoms with Crippen LogP contribution in [0.5, 0.6) is 0 Å². The molecule has 2 N–H and O–H groups in total. The van der Waals surface area contributed by atoms with Crippen molar-refractivity contribution < 1.29 is 9.72 Å². The van der Waals surface area contributed by atoms with Crippen LogP contribution >= 0.6 is 0 Å². The van der Waals surface area contributed by atoms with E-state index in [4.69, 9.17) is 5.73 Å². The first-order valence-electron chi connectivity index (χ1n) is 6.85. The third kappa shape index (κ3) is 2.49. The molecule has 0 spiro atoms. The molecule has 0 bridgehead atoms. The third-order valence-electron chi connectivity index (χ3n) is 3.81. The predicted molar refractivity (Wildman–Crippen MR) is 84.0 cm³/mol. The van der Waals surface area contributed by atoms with Crippen LogP contribution in [0.1, 0.15) is 21.7 Å². The van der Waals surface area contributed by atoms with Crippen molar-refractivity contribution in [2.75, 3.05) is 5.73 Å². The van der Waals surface area contributed by atoms with Crippen LogP contribution in [0.3, 0.4) is 0 Å². The van der Waals surface area contributed by atoms with Gasteiger partial charge in [-0.2, -0.15) is 5.10 Å². The number of Topliss-reactive ketones (excluding diaryl/α,β-unsaturated/α-hetero) is 1. The standard InChI is InChI=1S/C13H16N6O5/c1-6-10(19(23)24)7(2)18(15-6)5-8(20)9-11(14)16(3)13(22)17(4)12(9)21/h5,14H2,1-4H3. The van der Waals surface area contributed by atoms with Crippen molar-refractivity contribution in [2.24, 2.45) is 14.1 Å². The van der Waals surface area contributed by atoms with Gasteiger partial charge in [-0.3, -0.25) is 33.5 Å². The van der Waals surface area contributed by atoms with E-state index >= 15 is 0 Å². The Bertz CT molecular complexity index is 980. The monoisotopic (exact) mass is 336 g/mol. The minimum atomic E-state index is -0.823. The Morgan fingerprint density at radius 1 is 1.25 bits per heavy atom. The Morgan fingerprint density at radius 2 is 1.83 bits per heavy atom. The van der Waals surface area contributed by atoms with Gasteiger partial charge in [-0.25, -0.2) is 4.79 Å². The summed E-state index contributed by atoms with van der Waals surface area (Å²) < 4.78 is 2.89. The zero-order valence-electron chi connectivity index (χ0n) is 13.6. The second-order valence-electron chi connectivity index (χ2n) is 5.32. The van der Waals surface area contributed by atoms with Gasteiger partial charge in [-0.1, -0.05) is 0 Å². The van der Waals surface area contributed by atoms with Crippen molar-refractivity contribution in [3.8, 4) is 0 Å². The summed E-state index contributed by atoms with van der Waals surface area (Å²) in [4.78, 5) is 46.8. The van der Waals surface area contributed by atoms with Crippen LogP contribution in [-0.2, 0) is 20.6 Å². The van der Waals surface area contributed by atoms with Crippen molar-refractivity contribution in [1.29, 1.82) is 0 Å². The lowest BCUT2D eigenvalue weighted by Crippen LogP contribution is -2.42. The first-order chi connectivity index (χ1) is 11.1. The molecule has 24 heavy (non-hydrogen) atoms. The maximum absolute atomic E-state index is 12.5. The van der Waals surface area contributed by atoms with Gasteiger partial charge in [0.1, 0.15) is 29.3 Å². The van der Waals surface area contributed by atoms with Gasteiger partial charge in [0.25, 0.3) is 5.56 Å². The lowest BCUT2D eigenvalue weighted by atomic mass is 10.2. The van der Waals surface area contributed by atoms with Gasteiger partial charge < -0.3 is 5.73 Å². The second kappa shape index (κ2) is 5.76. The fraction of sp³-hybridized carbons (Fsp3) is 0.385. The molecule has 0 radical (unpaired) electrons. The smallest absolute Gasteiger partial charge is 0.332 e. The summed E-state index contributed by atoms with van der Waals surface area (Å²) in [6.45, 7) is 2.50. The highest BCUT2D eigenvalue weighted by atomic mass is 16.6. The number of carbonyl (C=O) groups excluding carboxylic acids is 1. The molecule has 0 aliphatic heterocycles. The van der Waals surface area contributed by atoms with E-state index < -0.39 is 28.5 Å². The van der Waals surface area contributed by atoms with E-state index in [0.717, 1.165) is 13.8 Å². The van der Waals surface area contributed by atoms with Crippen LogP contribution in [0.15, 0.2) is 9.59 Å². The molecule has 128 valence electrons. The molecule has 2 aromatic rings. The molecule has 0 saturated carbocycles. The van der Waals surface area contributed by atoms with E-state index in [1.807, 2.05) is 0 Å². The van der Waals surface area contributed by atoms with Gasteiger partial charge in [0.15, 0.2) is 5.78 Å². The van der Waals surface area contributed by atoms with E-state index in [1.54, 1.807) is 0 Å². The molecule has 0 aromatic carbocycles. The quantitative estimate of drug-likeness (QED) is 0.439. The molecule has 0 amide bonds. The minimum Gasteiger partial charge on any atom is -0.384 e. The van der Waals surface area contributed by atoms with E-state index in [0.29, 0.717) is 0 Å². The van der Waals surface area contributed by atoms with Crippen LogP contribution in [0.2, 0.25) is 0 Å². The van der Waals surface area contributed by atoms with Crippen molar-refractivity contribution >= 4 is 17.3 Å². The number of hydrogen-bond donors (Lipinski definition) is 1. The minimum absolute atomic E-state index is 0.159. The lowest BCUT2D eigenvalue weighted by molar-refractivity contribution is -0.386. The number of aryl methyl sites for hydroxylation is 1. The number of nitrogen functional groups attached to an aromatic ring is 1. The zero-order valence-corrected chi connectivity index (χ0v) is 13.6. The molecule has 0 atom stereocenters. The summed E-state index contributed by atoms with van der Waals surface area (Å²) in [5, 5.41) is 15.0. The molecule has 2 heterocycles. The Balaban J connectivity index is 2.54. The number of ketones is 1. The Labute approximate surface area is 135 Å². The molecular weight excluding hydrogens is 320 g/mol. The summed E-state index contributed by atoms with van der Waals surface area (Å²) >= 11 is 0. The molecular formula is C13H16N6O5. The molecule has 0 fully saturated rings. The largest absolute Gasteiger partial charge is 0.384 e. The van der Waals surface area contributed by atoms with Gasteiger partial charge in [0, 0.05) is 14.1 Å². The molecule has 11 heteroatoms. The van der Waals surface area contributed by atoms with Crippen molar-refractivity contribution in [2.45, 2.75) is 20.4 Å². The molecule has 0 unspecified atom stereocenters. The number of nitro groups is 1. The van der Waals surface area contributed by atoms with E-state index in [9.17, 15) is 24.5 Å². The van der Waals surface area contributed by atoms with Gasteiger partial charge in [0.2, 0.25) is 0 Å². The van der Waals surface area contributed by atoms with Gasteiger partial charge >= 0.3 is 11.4 Å². The van der Waals surface area contributed by atoms with Crippen LogP contribution in [-0.4, -0.2) is 29.6 Å². The molecule has 0 aliphatic carbocycles. The Kier molecular flexibility index (Phi) is 4.11. The third-order valence-corrected chi connectivity index (χ3v) is 3.81. The summed E-state index contributed by atoms with van der Waals surface area (Å²) in [5.41, 5.74) is 4.04. The van der Waals surface area contributed by atoms with E-state index in [1.165, 1.54) is 27.9 Å².